The fraction of sp³-hybridized carbons (Fsp3) is 0.190. The number of nitrogens with one attached hydrogen (secondary N) is 2. The number of amides is 2. The number of nitrogens with zero attached hydrogens (tertiary/aromatic N) is 1. The van der Waals surface area contributed by atoms with E-state index < -0.39 is 12.0 Å². The van der Waals surface area contributed by atoms with Crippen molar-refractivity contribution in [2.45, 2.75) is 17.3 Å². The first-order chi connectivity index (χ1) is 14.2. The zero-order chi connectivity index (χ0) is 20.2. The molecule has 4 rings (SSSR count). The number of rotatable bonds is 6. The first kappa shape index (κ1) is 19.5. The first-order valence-corrected chi connectivity index (χ1v) is 11.0. The number of aromatic nitrogens is 1. The van der Waals surface area contributed by atoms with Crippen molar-refractivity contribution in [1.82, 2.24) is 15.6 Å². The Balaban J connectivity index is 1.67. The summed E-state index contributed by atoms with van der Waals surface area (Å²) in [6, 6.07) is 16.4. The summed E-state index contributed by atoms with van der Waals surface area (Å²) in [5.41, 5.74) is 2.74. The molecule has 0 aliphatic carbocycles. The molecule has 2 aromatic carbocycles. The van der Waals surface area contributed by atoms with Crippen LogP contribution in [0.3, 0.4) is 0 Å². The van der Waals surface area contributed by atoms with Crippen LogP contribution in [0.25, 0.3) is 10.2 Å². The van der Waals surface area contributed by atoms with Crippen molar-refractivity contribution in [2.75, 3.05) is 12.4 Å². The van der Waals surface area contributed by atoms with E-state index in [4.69, 9.17) is 4.74 Å². The van der Waals surface area contributed by atoms with Crippen molar-refractivity contribution in [2.24, 2.45) is 0 Å². The molecular weight excluding hydrogens is 406 g/mol. The van der Waals surface area contributed by atoms with E-state index in [2.05, 4.69) is 15.6 Å². The van der Waals surface area contributed by atoms with E-state index in [1.165, 1.54) is 11.8 Å². The topological polar surface area (TPSA) is 80.3 Å². The maximum absolute atomic E-state index is 12.8. The van der Waals surface area contributed by atoms with Gasteiger partial charge in [0, 0.05) is 11.4 Å². The molecule has 2 amide bonds. The lowest BCUT2D eigenvalue weighted by Crippen LogP contribution is -2.46. The highest BCUT2D eigenvalue weighted by Gasteiger charge is 2.33. The van der Waals surface area contributed by atoms with Gasteiger partial charge in [0.2, 0.25) is 0 Å². The Bertz CT molecular complexity index is 1050. The molecule has 2 N–H and O–H groups in total. The summed E-state index contributed by atoms with van der Waals surface area (Å²) in [6.07, 6.45) is 0. The summed E-state index contributed by atoms with van der Waals surface area (Å²) in [4.78, 5) is 29.7. The molecule has 6 nitrogen and oxygen atoms in total. The third-order valence-electron chi connectivity index (χ3n) is 4.40. The van der Waals surface area contributed by atoms with Crippen molar-refractivity contribution < 1.29 is 14.3 Å². The molecule has 0 spiro atoms. The molecular formula is C21H19N3O3S2. The fourth-order valence-electron chi connectivity index (χ4n) is 3.12. The van der Waals surface area contributed by atoms with Crippen molar-refractivity contribution in [3.63, 3.8) is 0 Å². The summed E-state index contributed by atoms with van der Waals surface area (Å²) in [6.45, 7) is 2.02. The second kappa shape index (κ2) is 8.67. The molecule has 29 heavy (non-hydrogen) atoms. The lowest BCUT2D eigenvalue weighted by molar-refractivity contribution is -0.139. The standard InChI is InChI=1S/C21H19N3O3S2/c1-2-27-19(25)17-15(12-28-21-23-14-10-6-7-11-16(14)29-21)22-20(26)24-18(17)13-8-4-3-5-9-13/h3-11,18H,2,12H2,1H3,(H2,22,24,26). The van der Waals surface area contributed by atoms with Gasteiger partial charge in [-0.15, -0.1) is 11.3 Å². The lowest BCUT2D eigenvalue weighted by atomic mass is 9.95. The molecule has 3 aromatic rings. The van der Waals surface area contributed by atoms with E-state index in [-0.39, 0.29) is 12.6 Å². The molecule has 0 bridgehead atoms. The molecule has 1 aliphatic heterocycles. The van der Waals surface area contributed by atoms with Crippen LogP contribution >= 0.6 is 23.1 Å². The second-order valence-electron chi connectivity index (χ2n) is 6.29. The highest BCUT2D eigenvalue weighted by atomic mass is 32.2. The van der Waals surface area contributed by atoms with Gasteiger partial charge in [0.15, 0.2) is 4.34 Å². The summed E-state index contributed by atoms with van der Waals surface area (Å²) < 4.78 is 7.27. The van der Waals surface area contributed by atoms with Crippen LogP contribution in [-0.2, 0) is 9.53 Å². The quantitative estimate of drug-likeness (QED) is 0.456. The molecule has 1 aliphatic rings. The van der Waals surface area contributed by atoms with Crippen molar-refractivity contribution in [1.29, 1.82) is 0 Å². The van der Waals surface area contributed by atoms with Crippen LogP contribution in [0.4, 0.5) is 4.79 Å². The predicted octanol–water partition coefficient (Wildman–Crippen LogP) is 4.26. The van der Waals surface area contributed by atoms with Crippen LogP contribution in [0.2, 0.25) is 0 Å². The smallest absolute Gasteiger partial charge is 0.338 e. The van der Waals surface area contributed by atoms with E-state index in [0.717, 1.165) is 20.1 Å². The lowest BCUT2D eigenvalue weighted by Gasteiger charge is -2.29. The number of hydrogen-bond acceptors (Lipinski definition) is 6. The van der Waals surface area contributed by atoms with Crippen LogP contribution in [0.1, 0.15) is 18.5 Å². The molecule has 8 heteroatoms. The Morgan fingerprint density at radius 1 is 1.17 bits per heavy atom. The van der Waals surface area contributed by atoms with E-state index in [1.54, 1.807) is 18.3 Å². The summed E-state index contributed by atoms with van der Waals surface area (Å²) >= 11 is 3.08. The van der Waals surface area contributed by atoms with Crippen LogP contribution in [0, 0.1) is 0 Å². The molecule has 148 valence electrons. The predicted molar refractivity (Wildman–Crippen MR) is 115 cm³/mol. The minimum absolute atomic E-state index is 0.260. The Morgan fingerprint density at radius 3 is 2.69 bits per heavy atom. The number of fused-ring (bicyclic) bond motifs is 1. The van der Waals surface area contributed by atoms with Crippen molar-refractivity contribution in [3.05, 3.63) is 71.4 Å². The number of benzene rings is 2. The average Bonchev–Trinajstić information content (AvgIpc) is 3.15. The van der Waals surface area contributed by atoms with Gasteiger partial charge in [0.1, 0.15) is 0 Å². The Labute approximate surface area is 176 Å². The van der Waals surface area contributed by atoms with E-state index >= 15 is 0 Å². The van der Waals surface area contributed by atoms with Crippen molar-refractivity contribution in [3.8, 4) is 0 Å². The average molecular weight is 426 g/mol. The summed E-state index contributed by atoms with van der Waals surface area (Å²) in [5, 5.41) is 5.63. The van der Waals surface area contributed by atoms with E-state index in [1.807, 2.05) is 54.6 Å². The molecule has 2 heterocycles. The largest absolute Gasteiger partial charge is 0.463 e. The second-order valence-corrected chi connectivity index (χ2v) is 8.54. The monoisotopic (exact) mass is 425 g/mol. The number of hydrogen-bond donors (Lipinski definition) is 2. The zero-order valence-corrected chi connectivity index (χ0v) is 17.3. The van der Waals surface area contributed by atoms with Gasteiger partial charge in [-0.3, -0.25) is 0 Å². The highest BCUT2D eigenvalue weighted by molar-refractivity contribution is 8.01. The Hall–Kier alpha value is -2.84. The van der Waals surface area contributed by atoms with Gasteiger partial charge in [-0.2, -0.15) is 0 Å². The fourth-order valence-corrected chi connectivity index (χ4v) is 5.16. The van der Waals surface area contributed by atoms with Crippen LogP contribution in [0.15, 0.2) is 70.2 Å². The van der Waals surface area contributed by atoms with Crippen LogP contribution in [-0.4, -0.2) is 29.3 Å². The van der Waals surface area contributed by atoms with Crippen LogP contribution in [0.5, 0.6) is 0 Å². The maximum Gasteiger partial charge on any atom is 0.338 e. The molecule has 0 saturated carbocycles. The number of ether oxygens (including phenoxy) is 1. The van der Waals surface area contributed by atoms with Gasteiger partial charge in [0.25, 0.3) is 0 Å². The molecule has 1 atom stereocenters. The van der Waals surface area contributed by atoms with Gasteiger partial charge in [-0.25, -0.2) is 14.6 Å². The van der Waals surface area contributed by atoms with Crippen molar-refractivity contribution >= 4 is 45.3 Å². The van der Waals surface area contributed by atoms with Gasteiger partial charge in [0.05, 0.1) is 28.4 Å². The summed E-state index contributed by atoms with van der Waals surface area (Å²) in [7, 11) is 0. The number of carbonyl (C=O) groups excluding carboxylic acids is 2. The minimum Gasteiger partial charge on any atom is -0.463 e. The SMILES string of the molecule is CCOC(=O)C1=C(CSc2nc3ccccc3s2)NC(=O)NC1c1ccccc1. The zero-order valence-electron chi connectivity index (χ0n) is 15.7. The Morgan fingerprint density at radius 2 is 1.93 bits per heavy atom. The number of para-hydroxylation sites is 1. The molecule has 0 radical (unpaired) electrons. The molecule has 0 fully saturated rings. The number of thioether (sulfide) groups is 1. The number of urea groups is 1. The third-order valence-corrected chi connectivity index (χ3v) is 6.60. The van der Waals surface area contributed by atoms with Gasteiger partial charge in [-0.05, 0) is 24.6 Å². The minimum atomic E-state index is -0.560. The molecule has 1 aromatic heterocycles. The van der Waals surface area contributed by atoms with Gasteiger partial charge >= 0.3 is 12.0 Å². The van der Waals surface area contributed by atoms with Gasteiger partial charge < -0.3 is 15.4 Å². The van der Waals surface area contributed by atoms with Crippen LogP contribution < -0.4 is 10.6 Å². The molecule has 1 unspecified atom stereocenters. The highest BCUT2D eigenvalue weighted by Crippen LogP contribution is 2.33. The molecule has 0 saturated heterocycles. The number of carbonyl (C=O) groups is 2. The normalized spacial score (nSPS) is 16.4. The summed E-state index contributed by atoms with van der Waals surface area (Å²) in [5.74, 6) is -0.0289. The Kier molecular flexibility index (Phi) is 5.82. The number of esters is 1. The van der Waals surface area contributed by atoms with E-state index in [9.17, 15) is 9.59 Å². The van der Waals surface area contributed by atoms with Gasteiger partial charge in [-0.1, -0.05) is 54.2 Å². The number of thiazole rings is 1. The maximum atomic E-state index is 12.8. The third kappa shape index (κ3) is 4.28. The first-order valence-electron chi connectivity index (χ1n) is 9.16. The van der Waals surface area contributed by atoms with E-state index in [0.29, 0.717) is 17.0 Å².